The first-order valence-electron chi connectivity index (χ1n) is 35.6. The van der Waals surface area contributed by atoms with Crippen molar-refractivity contribution in [1.29, 1.82) is 0 Å². The number of hydrogen-bond donors (Lipinski definition) is 0. The number of fused-ring (bicyclic) bond motifs is 11. The molecule has 0 saturated heterocycles. The van der Waals surface area contributed by atoms with Crippen molar-refractivity contribution >= 4 is 93.7 Å². The zero-order valence-electron chi connectivity index (χ0n) is 57.0. The van der Waals surface area contributed by atoms with Crippen molar-refractivity contribution in [1.82, 2.24) is 19.9 Å². The average molecular weight is 1330 g/mol. The van der Waals surface area contributed by atoms with Gasteiger partial charge in [-0.25, -0.2) is 24.9 Å². The molecule has 2 atom stereocenters. The molecule has 8 heteroatoms. The number of benzene rings is 15. The highest BCUT2D eigenvalue weighted by atomic mass is 16.3. The third-order valence-electron chi connectivity index (χ3n) is 21.1. The molecule has 104 heavy (non-hydrogen) atoms. The third kappa shape index (κ3) is 10.3. The van der Waals surface area contributed by atoms with Crippen molar-refractivity contribution in [2.75, 3.05) is 7.05 Å². The van der Waals surface area contributed by atoms with Crippen LogP contribution in [0.3, 0.4) is 0 Å². The lowest BCUT2D eigenvalue weighted by atomic mass is 9.92. The van der Waals surface area contributed by atoms with Gasteiger partial charge in [-0.1, -0.05) is 292 Å². The van der Waals surface area contributed by atoms with Crippen LogP contribution >= 0.6 is 0 Å². The maximum absolute atomic E-state index is 7.10. The number of amidine groups is 2. The van der Waals surface area contributed by atoms with Gasteiger partial charge in [0, 0.05) is 63.0 Å². The van der Waals surface area contributed by atoms with Gasteiger partial charge in [-0.05, 0) is 147 Å². The largest absolute Gasteiger partial charge is 0.460 e. The van der Waals surface area contributed by atoms with Gasteiger partial charge in [-0.15, -0.1) is 0 Å². The van der Waals surface area contributed by atoms with Gasteiger partial charge in [-0.3, -0.25) is 0 Å². The van der Waals surface area contributed by atoms with E-state index < -0.39 is 6.17 Å². The Balaban J connectivity index is 0.680. The summed E-state index contributed by atoms with van der Waals surface area (Å²) < 4.78 is 13.9. The molecule has 8 nitrogen and oxygen atoms in total. The quantitative estimate of drug-likeness (QED) is 0.120. The van der Waals surface area contributed by atoms with Crippen LogP contribution in [0.1, 0.15) is 41.1 Å². The van der Waals surface area contributed by atoms with E-state index >= 15 is 0 Å². The lowest BCUT2D eigenvalue weighted by molar-refractivity contribution is 0.382. The first-order chi connectivity index (χ1) is 51.3. The highest BCUT2D eigenvalue weighted by Crippen LogP contribution is 2.45. The van der Waals surface area contributed by atoms with Crippen molar-refractivity contribution in [3.63, 3.8) is 0 Å². The van der Waals surface area contributed by atoms with Crippen molar-refractivity contribution in [3.8, 4) is 89.8 Å². The van der Waals surface area contributed by atoms with Gasteiger partial charge in [0.15, 0.2) is 29.5 Å². The van der Waals surface area contributed by atoms with Crippen LogP contribution in [-0.2, 0) is 6.42 Å². The van der Waals surface area contributed by atoms with E-state index in [1.807, 2.05) is 0 Å². The van der Waals surface area contributed by atoms with Crippen LogP contribution in [0.4, 0.5) is 0 Å². The maximum atomic E-state index is 7.10. The summed E-state index contributed by atoms with van der Waals surface area (Å²) >= 11 is 0. The van der Waals surface area contributed by atoms with E-state index in [1.54, 1.807) is 0 Å². The summed E-state index contributed by atoms with van der Waals surface area (Å²) in [5, 5.41) is 12.6. The minimum absolute atomic E-state index is 0.375. The Labute approximate surface area is 600 Å². The zero-order chi connectivity index (χ0) is 68.9. The van der Waals surface area contributed by atoms with Crippen LogP contribution in [-0.4, -0.2) is 38.6 Å². The topological polar surface area (TPSA) is 92.9 Å². The van der Waals surface area contributed by atoms with Gasteiger partial charge in [0.05, 0.1) is 5.56 Å². The van der Waals surface area contributed by atoms with Gasteiger partial charge in [-0.2, -0.15) is 0 Å². The minimum Gasteiger partial charge on any atom is -0.460 e. The van der Waals surface area contributed by atoms with Gasteiger partial charge in [0.1, 0.15) is 28.3 Å². The monoisotopic (exact) mass is 1330 g/mol. The molecule has 0 amide bonds. The number of rotatable bonds is 11. The fraction of sp³-hybridized carbons (Fsp3) is 0.0521. The fourth-order valence-corrected chi connectivity index (χ4v) is 16.1. The van der Waals surface area contributed by atoms with Gasteiger partial charge >= 0.3 is 0 Å². The molecule has 20 rings (SSSR count). The molecule has 0 radical (unpaired) electrons. The Kier molecular flexibility index (Phi) is 14.4. The van der Waals surface area contributed by atoms with Crippen LogP contribution in [0.25, 0.3) is 172 Å². The Morgan fingerprint density at radius 3 is 1.58 bits per heavy atom. The first kappa shape index (κ1) is 60.5. The predicted molar refractivity (Wildman–Crippen MR) is 429 cm³/mol. The summed E-state index contributed by atoms with van der Waals surface area (Å²) in [4.78, 5) is 29.7. The molecule has 1 aliphatic carbocycles. The van der Waals surface area contributed by atoms with E-state index in [0.717, 1.165) is 145 Å². The van der Waals surface area contributed by atoms with Gasteiger partial charge in [0.25, 0.3) is 0 Å². The Bertz CT molecular complexity index is 6660. The van der Waals surface area contributed by atoms with Crippen LogP contribution in [0, 0.1) is 5.92 Å². The lowest BCUT2D eigenvalue weighted by Crippen LogP contribution is -2.35. The molecule has 1 aliphatic heterocycles. The molecule has 4 heterocycles. The van der Waals surface area contributed by atoms with Crippen molar-refractivity contribution in [3.05, 3.63) is 350 Å². The smallest absolute Gasteiger partial charge is 0.167 e. The molecule has 0 fully saturated rings. The van der Waals surface area contributed by atoms with E-state index in [9.17, 15) is 0 Å². The number of aromatic nitrogens is 3. The van der Waals surface area contributed by atoms with Crippen molar-refractivity contribution < 1.29 is 8.83 Å². The number of nitrogens with zero attached hydrogens (tertiary/aromatic N) is 6. The zero-order valence-corrected chi connectivity index (χ0v) is 57.0. The standard InChI is InChI=1S/C96H64N6O2/c1-58-48-50-78-79-44-20-46-83(89(79)104-88(78)52-58)94-98-91(97-92(99-94)81-40-13-11-37-75(81)73-42-18-25-59-22-3-6-33-69(59)73)67-31-16-29-63(54-67)61-27-15-28-62(53-61)64-49-51-87-86(56-64)80-45-21-47-84(90(80)103-87)96-101-93(82-41-14-12-38-76(82)74-43-19-26-60-23-4-7-34-70(60)74)100-95(102(96)2)68-32-17-30-65(55-68)85-57-66-24-5-8-35-71(66)72-36-9-10-39-77(72)85/h3-51,53-58,96H,52H2,1-2H3. The summed E-state index contributed by atoms with van der Waals surface area (Å²) in [6.45, 7) is 2.22. The molecule has 2 unspecified atom stereocenters. The molecule has 3 aromatic heterocycles. The van der Waals surface area contributed by atoms with Crippen molar-refractivity contribution in [2.24, 2.45) is 15.9 Å². The van der Waals surface area contributed by atoms with E-state index in [1.165, 1.54) is 43.3 Å². The number of aliphatic imine (C=N–C) groups is 2. The summed E-state index contributed by atoms with van der Waals surface area (Å²) in [6.07, 6.45) is 4.77. The second kappa shape index (κ2) is 24.7. The van der Waals surface area contributed by atoms with Crippen LogP contribution < -0.4 is 0 Å². The highest BCUT2D eigenvalue weighted by Gasteiger charge is 2.32. The van der Waals surface area contributed by atoms with E-state index in [-0.39, 0.29) is 0 Å². The van der Waals surface area contributed by atoms with Crippen molar-refractivity contribution in [2.45, 2.75) is 19.5 Å². The molecular formula is C96H64N6O2. The summed E-state index contributed by atoms with van der Waals surface area (Å²) in [5.74, 6) is 4.48. The fourth-order valence-electron chi connectivity index (χ4n) is 16.1. The first-order valence-corrected chi connectivity index (χ1v) is 35.6. The normalized spacial score (nSPS) is 14.5. The molecule has 490 valence electrons. The van der Waals surface area contributed by atoms with E-state index in [4.69, 9.17) is 33.8 Å². The second-order valence-corrected chi connectivity index (χ2v) is 27.5. The Morgan fingerprint density at radius 2 is 0.837 bits per heavy atom. The second-order valence-electron chi connectivity index (χ2n) is 27.5. The summed E-state index contributed by atoms with van der Waals surface area (Å²) in [6, 6.07) is 112. The predicted octanol–water partition coefficient (Wildman–Crippen LogP) is 24.5. The molecule has 2 aliphatic rings. The van der Waals surface area contributed by atoms with Crippen LogP contribution in [0.15, 0.2) is 340 Å². The van der Waals surface area contributed by atoms with E-state index in [2.05, 4.69) is 346 Å². The molecule has 0 N–H and O–H groups in total. The van der Waals surface area contributed by atoms with Crippen LogP contribution in [0.5, 0.6) is 0 Å². The van der Waals surface area contributed by atoms with Crippen LogP contribution in [0.2, 0.25) is 0 Å². The average Bonchev–Trinajstić information content (AvgIpc) is 1.33. The van der Waals surface area contributed by atoms with Gasteiger partial charge in [0.2, 0.25) is 0 Å². The molecule has 0 saturated carbocycles. The summed E-state index contributed by atoms with van der Waals surface area (Å²) in [7, 11) is 2.11. The minimum atomic E-state index is -0.529. The molecule has 18 aromatic rings. The SMILES string of the molecule is CC1C=Cc2c(oc3c(-c4nc(-c5cccc(-c6cccc(-c7ccc8oc9c(C%10N=C(c%11ccccc%11-c%11cccc%12ccccc%11%12)N=C(c%11cccc(-c%12cc%13ccccc%13c%13ccccc%12%13)c%11)N%10C)cccc9c8c7)c6)c5)nc(-c5ccccc5-c5cccc6ccccc56)n4)cccc23)C1. The molecular weight excluding hydrogens is 1270 g/mol. The molecule has 0 spiro atoms. The Morgan fingerprint density at radius 1 is 0.337 bits per heavy atom. The van der Waals surface area contributed by atoms with Gasteiger partial charge < -0.3 is 13.7 Å². The third-order valence-corrected chi connectivity index (χ3v) is 21.1. The molecule has 0 bridgehead atoms. The number of allylic oxidation sites excluding steroid dienone is 1. The Hall–Kier alpha value is -13.4. The summed E-state index contributed by atoms with van der Waals surface area (Å²) in [5.41, 5.74) is 19.7. The number of hydrogen-bond acceptors (Lipinski definition) is 8. The highest BCUT2D eigenvalue weighted by molar-refractivity contribution is 6.18. The number of para-hydroxylation sites is 2. The van der Waals surface area contributed by atoms with E-state index in [0.29, 0.717) is 29.2 Å². The molecule has 15 aromatic carbocycles. The maximum Gasteiger partial charge on any atom is 0.167 e. The number of furan rings is 2. The lowest BCUT2D eigenvalue weighted by Gasteiger charge is -2.33.